The number of rotatable bonds is 4. The monoisotopic (exact) mass is 365 g/mol. The lowest BCUT2D eigenvalue weighted by atomic mass is 9.92. The van der Waals surface area contributed by atoms with Crippen molar-refractivity contribution in [2.45, 2.75) is 31.9 Å². The maximum atomic E-state index is 12.4. The summed E-state index contributed by atoms with van der Waals surface area (Å²) in [6.07, 6.45) is 2.95. The van der Waals surface area contributed by atoms with E-state index in [1.54, 1.807) is 4.90 Å². The number of halogens is 1. The molecule has 1 saturated carbocycles. The molecular weight excluding hydrogens is 346 g/mol. The molecule has 3 unspecified atom stereocenters. The lowest BCUT2D eigenvalue weighted by molar-refractivity contribution is -0.121. The van der Waals surface area contributed by atoms with Gasteiger partial charge in [-0.15, -0.1) is 0 Å². The molecule has 2 fully saturated rings. The van der Waals surface area contributed by atoms with Gasteiger partial charge in [0.25, 0.3) is 0 Å². The molecule has 1 heterocycles. The molecule has 1 aliphatic carbocycles. The number of hydrogen-bond donors (Lipinski definition) is 0. The Morgan fingerprint density at radius 2 is 2.00 bits per heavy atom. The normalized spacial score (nSPS) is 26.8. The van der Waals surface area contributed by atoms with Crippen LogP contribution in [0.1, 0.15) is 24.8 Å². The van der Waals surface area contributed by atoms with E-state index in [0.717, 1.165) is 24.8 Å². The molecule has 0 radical (unpaired) electrons. The third-order valence-corrected chi connectivity index (χ3v) is 5.34. The van der Waals surface area contributed by atoms with Gasteiger partial charge in [0.1, 0.15) is 6.61 Å². The highest BCUT2D eigenvalue weighted by molar-refractivity contribution is 9.09. The summed E-state index contributed by atoms with van der Waals surface area (Å²) in [7, 11) is 0. The fraction of sp³-hybridized carbons (Fsp3) is 0.529. The third kappa shape index (κ3) is 3.05. The van der Waals surface area contributed by atoms with Gasteiger partial charge < -0.3 is 4.74 Å². The number of benzene rings is 1. The number of carbonyl (C=O) groups is 2. The summed E-state index contributed by atoms with van der Waals surface area (Å²) < 4.78 is 5.42. The SMILES string of the molecule is O=C(CBr)C1C2CCCC2CN1C(=O)OCc1ccccc1. The predicted molar refractivity (Wildman–Crippen MR) is 86.8 cm³/mol. The Morgan fingerprint density at radius 1 is 1.23 bits per heavy atom. The molecule has 1 aromatic carbocycles. The van der Waals surface area contributed by atoms with Gasteiger partial charge in [-0.05, 0) is 30.2 Å². The number of nitrogens with zero attached hydrogens (tertiary/aromatic N) is 1. The van der Waals surface area contributed by atoms with Gasteiger partial charge in [0.2, 0.25) is 0 Å². The Bertz CT molecular complexity index is 548. The number of ketones is 1. The first-order valence-corrected chi connectivity index (χ1v) is 8.89. The Labute approximate surface area is 138 Å². The van der Waals surface area contributed by atoms with Crippen LogP contribution >= 0.6 is 15.9 Å². The van der Waals surface area contributed by atoms with Crippen LogP contribution in [0.5, 0.6) is 0 Å². The number of hydrogen-bond acceptors (Lipinski definition) is 3. The first-order valence-electron chi connectivity index (χ1n) is 7.76. The molecule has 1 aromatic rings. The number of likely N-dealkylation sites (tertiary alicyclic amines) is 1. The number of carbonyl (C=O) groups excluding carboxylic acids is 2. The zero-order valence-electron chi connectivity index (χ0n) is 12.4. The average Bonchev–Trinajstić information content (AvgIpc) is 3.13. The van der Waals surface area contributed by atoms with Crippen molar-refractivity contribution in [2.75, 3.05) is 11.9 Å². The van der Waals surface area contributed by atoms with Crippen LogP contribution in [0.4, 0.5) is 4.79 Å². The average molecular weight is 366 g/mol. The van der Waals surface area contributed by atoms with Gasteiger partial charge >= 0.3 is 6.09 Å². The number of amides is 1. The summed E-state index contributed by atoms with van der Waals surface area (Å²) in [4.78, 5) is 26.3. The molecular formula is C17H20BrNO3. The van der Waals surface area contributed by atoms with Crippen LogP contribution in [-0.4, -0.2) is 34.7 Å². The second-order valence-corrected chi connectivity index (χ2v) is 6.65. The highest BCUT2D eigenvalue weighted by Crippen LogP contribution is 2.42. The van der Waals surface area contributed by atoms with Crippen LogP contribution in [0.25, 0.3) is 0 Å². The molecule has 0 N–H and O–H groups in total. The predicted octanol–water partition coefficient (Wildman–Crippen LogP) is 3.39. The summed E-state index contributed by atoms with van der Waals surface area (Å²) in [5, 5.41) is 0.295. The van der Waals surface area contributed by atoms with E-state index in [4.69, 9.17) is 4.74 Å². The molecule has 22 heavy (non-hydrogen) atoms. The topological polar surface area (TPSA) is 46.6 Å². The zero-order chi connectivity index (χ0) is 15.5. The van der Waals surface area contributed by atoms with Crippen molar-refractivity contribution < 1.29 is 14.3 Å². The van der Waals surface area contributed by atoms with E-state index in [9.17, 15) is 9.59 Å². The Hall–Kier alpha value is -1.36. The van der Waals surface area contributed by atoms with E-state index in [2.05, 4.69) is 15.9 Å². The molecule has 3 rings (SSSR count). The summed E-state index contributed by atoms with van der Waals surface area (Å²) in [5.41, 5.74) is 0.957. The Balaban J connectivity index is 1.66. The van der Waals surface area contributed by atoms with E-state index in [0.29, 0.717) is 23.7 Å². The third-order valence-electron chi connectivity index (χ3n) is 4.79. The van der Waals surface area contributed by atoms with Gasteiger partial charge in [0.05, 0.1) is 11.4 Å². The molecule has 1 aliphatic heterocycles. The van der Waals surface area contributed by atoms with Crippen LogP contribution < -0.4 is 0 Å². The molecule has 3 atom stereocenters. The maximum absolute atomic E-state index is 12.4. The zero-order valence-corrected chi connectivity index (χ0v) is 14.0. The summed E-state index contributed by atoms with van der Waals surface area (Å²) in [5.74, 6) is 0.859. The number of ether oxygens (including phenoxy) is 1. The molecule has 0 aromatic heterocycles. The van der Waals surface area contributed by atoms with E-state index in [-0.39, 0.29) is 24.5 Å². The van der Waals surface area contributed by atoms with E-state index >= 15 is 0 Å². The van der Waals surface area contributed by atoms with E-state index in [1.165, 1.54) is 0 Å². The first kappa shape index (κ1) is 15.5. The minimum Gasteiger partial charge on any atom is -0.445 e. The Morgan fingerprint density at radius 3 is 2.73 bits per heavy atom. The van der Waals surface area contributed by atoms with Gasteiger partial charge in [0, 0.05) is 6.54 Å². The van der Waals surface area contributed by atoms with Crippen LogP contribution in [0, 0.1) is 11.8 Å². The highest BCUT2D eigenvalue weighted by atomic mass is 79.9. The Kier molecular flexibility index (Phi) is 4.81. The van der Waals surface area contributed by atoms with Crippen molar-refractivity contribution in [3.63, 3.8) is 0 Å². The quantitative estimate of drug-likeness (QED) is 0.768. The second kappa shape index (κ2) is 6.82. The largest absolute Gasteiger partial charge is 0.445 e. The van der Waals surface area contributed by atoms with Crippen molar-refractivity contribution in [3.8, 4) is 0 Å². The summed E-state index contributed by atoms with van der Waals surface area (Å²) in [6.45, 7) is 0.905. The van der Waals surface area contributed by atoms with Crippen molar-refractivity contribution in [3.05, 3.63) is 35.9 Å². The molecule has 0 spiro atoms. The molecule has 1 amide bonds. The minimum atomic E-state index is -0.363. The molecule has 1 saturated heterocycles. The second-order valence-electron chi connectivity index (χ2n) is 6.09. The van der Waals surface area contributed by atoms with Crippen LogP contribution in [0.15, 0.2) is 30.3 Å². The van der Waals surface area contributed by atoms with Gasteiger partial charge in [-0.3, -0.25) is 9.69 Å². The van der Waals surface area contributed by atoms with Crippen molar-refractivity contribution in [2.24, 2.45) is 11.8 Å². The number of Topliss-reactive ketones (excluding diaryl/α,β-unsaturated/α-hetero) is 1. The fourth-order valence-electron chi connectivity index (χ4n) is 3.79. The molecule has 2 aliphatic rings. The van der Waals surface area contributed by atoms with Crippen molar-refractivity contribution >= 4 is 27.8 Å². The van der Waals surface area contributed by atoms with Crippen molar-refractivity contribution in [1.29, 1.82) is 0 Å². The molecule has 0 bridgehead atoms. The van der Waals surface area contributed by atoms with Gasteiger partial charge in [-0.25, -0.2) is 4.79 Å². The van der Waals surface area contributed by atoms with Crippen LogP contribution in [0.2, 0.25) is 0 Å². The van der Waals surface area contributed by atoms with Gasteiger partial charge in [-0.1, -0.05) is 52.7 Å². The summed E-state index contributed by atoms with van der Waals surface area (Å²) >= 11 is 3.25. The lowest BCUT2D eigenvalue weighted by Crippen LogP contribution is -2.44. The lowest BCUT2D eigenvalue weighted by Gasteiger charge is -2.25. The van der Waals surface area contributed by atoms with Crippen LogP contribution in [-0.2, 0) is 16.1 Å². The summed E-state index contributed by atoms with van der Waals surface area (Å²) in [6, 6.07) is 9.30. The van der Waals surface area contributed by atoms with Crippen molar-refractivity contribution in [1.82, 2.24) is 4.90 Å². The molecule has 118 valence electrons. The first-order chi connectivity index (χ1) is 10.7. The van der Waals surface area contributed by atoms with Gasteiger partial charge in [0.15, 0.2) is 5.78 Å². The maximum Gasteiger partial charge on any atom is 0.410 e. The highest BCUT2D eigenvalue weighted by Gasteiger charge is 2.49. The van der Waals surface area contributed by atoms with Crippen LogP contribution in [0.3, 0.4) is 0 Å². The minimum absolute atomic E-state index is 0.0889. The fourth-order valence-corrected chi connectivity index (χ4v) is 4.12. The van der Waals surface area contributed by atoms with E-state index < -0.39 is 0 Å². The number of alkyl halides is 1. The molecule has 4 nitrogen and oxygen atoms in total. The van der Waals surface area contributed by atoms with Gasteiger partial charge in [-0.2, -0.15) is 0 Å². The standard InChI is InChI=1S/C17H20BrNO3/c18-9-15(20)16-14-8-4-7-13(14)10-19(16)17(21)22-11-12-5-2-1-3-6-12/h1-3,5-6,13-14,16H,4,7-11H2. The number of fused-ring (bicyclic) bond motifs is 1. The smallest absolute Gasteiger partial charge is 0.410 e. The molecule has 5 heteroatoms. The van der Waals surface area contributed by atoms with E-state index in [1.807, 2.05) is 30.3 Å².